The molecule has 2 N–H and O–H groups in total. The maximum atomic E-state index is 13.3. The molecule has 1 aliphatic heterocycles. The van der Waals surface area contributed by atoms with Crippen LogP contribution in [0.2, 0.25) is 0 Å². The van der Waals surface area contributed by atoms with Gasteiger partial charge in [0.1, 0.15) is 11.5 Å². The van der Waals surface area contributed by atoms with Gasteiger partial charge < -0.3 is 15.5 Å². The zero-order valence-electron chi connectivity index (χ0n) is 19.3. The minimum absolute atomic E-state index is 0.0109. The number of rotatable bonds is 5. The third-order valence-corrected chi connectivity index (χ3v) is 6.64. The molecule has 1 aliphatic carbocycles. The van der Waals surface area contributed by atoms with Crippen molar-refractivity contribution in [3.8, 4) is 0 Å². The largest absolute Gasteiger partial charge is 0.309 e. The first kappa shape index (κ1) is 22.1. The summed E-state index contributed by atoms with van der Waals surface area (Å²) < 4.78 is 1.69. The number of piperazine rings is 1. The Labute approximate surface area is 196 Å². The Balaban J connectivity index is 1.51. The molecule has 3 aromatic rings. The third kappa shape index (κ3) is 3.94. The molecule has 0 aromatic carbocycles. The van der Waals surface area contributed by atoms with Crippen LogP contribution in [0.15, 0.2) is 29.3 Å². The van der Waals surface area contributed by atoms with Crippen LogP contribution in [-0.4, -0.2) is 50.8 Å². The van der Waals surface area contributed by atoms with Crippen LogP contribution < -0.4 is 21.1 Å². The molecule has 0 spiro atoms. The fourth-order valence-electron chi connectivity index (χ4n) is 4.92. The number of nitrogens with one attached hydrogen (secondary N) is 2. The summed E-state index contributed by atoms with van der Waals surface area (Å²) in [7, 11) is 0. The lowest BCUT2D eigenvalue weighted by molar-refractivity contribution is -0.118. The SMILES string of the molecule is CC(=O)c1c(C)c2cnc(Nc3ccc(N4CCNCC4=O)cn3)nc2n(C2CCCC2)c1=O. The van der Waals surface area contributed by atoms with E-state index in [4.69, 9.17) is 0 Å². The molecule has 5 rings (SSSR count). The summed E-state index contributed by atoms with van der Waals surface area (Å²) in [5.74, 6) is 0.604. The highest BCUT2D eigenvalue weighted by atomic mass is 16.2. The zero-order valence-corrected chi connectivity index (χ0v) is 19.3. The topological polar surface area (TPSA) is 122 Å². The summed E-state index contributed by atoms with van der Waals surface area (Å²) in [4.78, 5) is 52.9. The van der Waals surface area contributed by atoms with Gasteiger partial charge >= 0.3 is 0 Å². The number of hydrogen-bond acceptors (Lipinski definition) is 8. The Hall–Kier alpha value is -3.66. The van der Waals surface area contributed by atoms with Gasteiger partial charge in [0, 0.05) is 30.7 Å². The molecule has 0 radical (unpaired) electrons. The molecular formula is C24H27N7O3. The summed E-state index contributed by atoms with van der Waals surface area (Å²) in [5, 5.41) is 6.85. The van der Waals surface area contributed by atoms with Crippen molar-refractivity contribution < 1.29 is 9.59 Å². The first-order valence-electron chi connectivity index (χ1n) is 11.6. The van der Waals surface area contributed by atoms with Gasteiger partial charge in [-0.2, -0.15) is 4.98 Å². The second-order valence-corrected chi connectivity index (χ2v) is 8.85. The molecule has 176 valence electrons. The second-order valence-electron chi connectivity index (χ2n) is 8.85. The molecule has 2 fully saturated rings. The van der Waals surface area contributed by atoms with Crippen LogP contribution in [-0.2, 0) is 4.79 Å². The summed E-state index contributed by atoms with van der Waals surface area (Å²) >= 11 is 0. The Morgan fingerprint density at radius 1 is 1.15 bits per heavy atom. The van der Waals surface area contributed by atoms with Gasteiger partial charge in [-0.1, -0.05) is 12.8 Å². The Bertz CT molecular complexity index is 1330. The van der Waals surface area contributed by atoms with E-state index in [1.54, 1.807) is 34.9 Å². The fraction of sp³-hybridized carbons (Fsp3) is 0.417. The van der Waals surface area contributed by atoms with Gasteiger partial charge in [0.25, 0.3) is 5.56 Å². The summed E-state index contributed by atoms with van der Waals surface area (Å²) in [5.41, 5.74) is 1.80. The number of aromatic nitrogens is 4. The first-order valence-corrected chi connectivity index (χ1v) is 11.6. The molecule has 0 unspecified atom stereocenters. The molecule has 0 bridgehead atoms. The van der Waals surface area contributed by atoms with Crippen LogP contribution in [0.4, 0.5) is 17.5 Å². The van der Waals surface area contributed by atoms with Crippen LogP contribution in [0.5, 0.6) is 0 Å². The van der Waals surface area contributed by atoms with Gasteiger partial charge in [0.05, 0.1) is 24.0 Å². The average molecular weight is 462 g/mol. The number of nitrogens with zero attached hydrogens (tertiary/aromatic N) is 5. The predicted octanol–water partition coefficient (Wildman–Crippen LogP) is 2.49. The van der Waals surface area contributed by atoms with Gasteiger partial charge in [-0.25, -0.2) is 9.97 Å². The number of anilines is 3. The lowest BCUT2D eigenvalue weighted by atomic mass is 10.0. The van der Waals surface area contributed by atoms with E-state index in [2.05, 4.69) is 25.6 Å². The highest BCUT2D eigenvalue weighted by Gasteiger charge is 2.26. The molecule has 1 amide bonds. The minimum atomic E-state index is -0.280. The molecule has 1 saturated heterocycles. The Morgan fingerprint density at radius 3 is 2.62 bits per heavy atom. The molecule has 0 atom stereocenters. The van der Waals surface area contributed by atoms with Crippen molar-refractivity contribution in [2.24, 2.45) is 0 Å². The van der Waals surface area contributed by atoms with Crippen molar-refractivity contribution in [3.05, 3.63) is 46.0 Å². The fourth-order valence-corrected chi connectivity index (χ4v) is 4.92. The minimum Gasteiger partial charge on any atom is -0.309 e. The smallest absolute Gasteiger partial charge is 0.263 e. The normalized spacial score (nSPS) is 16.9. The summed E-state index contributed by atoms with van der Waals surface area (Å²) in [6.07, 6.45) is 7.16. The van der Waals surface area contributed by atoms with Gasteiger partial charge in [-0.05, 0) is 44.4 Å². The third-order valence-electron chi connectivity index (χ3n) is 6.64. The number of amides is 1. The molecule has 3 aromatic heterocycles. The van der Waals surface area contributed by atoms with Crippen LogP contribution in [0.3, 0.4) is 0 Å². The van der Waals surface area contributed by atoms with Crippen molar-refractivity contribution in [1.82, 2.24) is 24.8 Å². The maximum absolute atomic E-state index is 13.3. The van der Waals surface area contributed by atoms with E-state index in [9.17, 15) is 14.4 Å². The van der Waals surface area contributed by atoms with E-state index >= 15 is 0 Å². The average Bonchev–Trinajstić information content (AvgIpc) is 3.34. The van der Waals surface area contributed by atoms with E-state index in [0.717, 1.165) is 37.9 Å². The van der Waals surface area contributed by atoms with E-state index in [1.165, 1.54) is 6.92 Å². The van der Waals surface area contributed by atoms with E-state index in [1.807, 2.05) is 6.07 Å². The highest BCUT2D eigenvalue weighted by Crippen LogP contribution is 2.32. The second kappa shape index (κ2) is 8.94. The van der Waals surface area contributed by atoms with Crippen molar-refractivity contribution in [1.29, 1.82) is 0 Å². The van der Waals surface area contributed by atoms with Crippen molar-refractivity contribution in [2.75, 3.05) is 29.9 Å². The summed E-state index contributed by atoms with van der Waals surface area (Å²) in [6.45, 7) is 4.85. The van der Waals surface area contributed by atoms with Crippen LogP contribution in [0.25, 0.3) is 11.0 Å². The number of pyridine rings is 2. The molecule has 1 saturated carbocycles. The highest BCUT2D eigenvalue weighted by molar-refractivity contribution is 5.99. The van der Waals surface area contributed by atoms with Gasteiger partial charge in [-0.15, -0.1) is 0 Å². The van der Waals surface area contributed by atoms with Gasteiger partial charge in [0.2, 0.25) is 11.9 Å². The lowest BCUT2D eigenvalue weighted by Gasteiger charge is -2.27. The van der Waals surface area contributed by atoms with Crippen molar-refractivity contribution in [3.63, 3.8) is 0 Å². The molecular weight excluding hydrogens is 434 g/mol. The molecule has 34 heavy (non-hydrogen) atoms. The van der Waals surface area contributed by atoms with Crippen LogP contribution >= 0.6 is 0 Å². The predicted molar refractivity (Wildman–Crippen MR) is 129 cm³/mol. The maximum Gasteiger partial charge on any atom is 0.263 e. The number of carbonyl (C=O) groups is 2. The first-order chi connectivity index (χ1) is 16.4. The Morgan fingerprint density at radius 2 is 1.94 bits per heavy atom. The Kier molecular flexibility index (Phi) is 5.82. The quantitative estimate of drug-likeness (QED) is 0.556. The molecule has 2 aliphatic rings. The van der Waals surface area contributed by atoms with E-state index in [0.29, 0.717) is 41.5 Å². The number of Topliss-reactive ketones (excluding diaryl/α,β-unsaturated/α-hetero) is 1. The van der Waals surface area contributed by atoms with Gasteiger partial charge in [0.15, 0.2) is 5.78 Å². The number of carbonyl (C=O) groups excluding carboxylic acids is 2. The van der Waals surface area contributed by atoms with Crippen LogP contribution in [0, 0.1) is 6.92 Å². The number of ketones is 1. The molecule has 4 heterocycles. The van der Waals surface area contributed by atoms with Gasteiger partial charge in [-0.3, -0.25) is 19.0 Å². The monoisotopic (exact) mass is 461 g/mol. The van der Waals surface area contributed by atoms with Crippen molar-refractivity contribution >= 4 is 40.2 Å². The molecule has 10 nitrogen and oxygen atoms in total. The standard InChI is InChI=1S/C24H27N7O3/c1-14-18-12-27-24(28-19-8-7-17(11-26-19)30-10-9-25-13-20(30)33)29-22(18)31(16-5-3-4-6-16)23(34)21(14)15(2)32/h7-8,11-12,16,25H,3-6,9-10,13H2,1-2H3,(H,26,27,28,29). The lowest BCUT2D eigenvalue weighted by Crippen LogP contribution is -2.48. The number of hydrogen-bond donors (Lipinski definition) is 2. The van der Waals surface area contributed by atoms with E-state index < -0.39 is 0 Å². The van der Waals surface area contributed by atoms with Crippen LogP contribution in [0.1, 0.15) is 54.6 Å². The zero-order chi connectivity index (χ0) is 23.8. The number of fused-ring (bicyclic) bond motifs is 1. The molecule has 10 heteroatoms. The van der Waals surface area contributed by atoms with Crippen molar-refractivity contribution in [2.45, 2.75) is 45.6 Å². The summed E-state index contributed by atoms with van der Waals surface area (Å²) in [6, 6.07) is 3.62. The number of aryl methyl sites for hydroxylation is 1. The van der Waals surface area contributed by atoms with E-state index in [-0.39, 0.29) is 28.9 Å².